The molecular weight excluding hydrogens is 210 g/mol. The Labute approximate surface area is 95.7 Å². The van der Waals surface area contributed by atoms with E-state index < -0.39 is 0 Å². The van der Waals surface area contributed by atoms with Gasteiger partial charge in [-0.3, -0.25) is 4.79 Å². The van der Waals surface area contributed by atoms with Gasteiger partial charge in [-0.05, 0) is 26.7 Å². The summed E-state index contributed by atoms with van der Waals surface area (Å²) in [4.78, 5) is 24.4. The van der Waals surface area contributed by atoms with E-state index in [1.165, 1.54) is 7.11 Å². The molecule has 0 aromatic carbocycles. The van der Waals surface area contributed by atoms with Crippen LogP contribution < -0.4 is 0 Å². The zero-order chi connectivity index (χ0) is 12.1. The lowest BCUT2D eigenvalue weighted by molar-refractivity contribution is -0.147. The van der Waals surface area contributed by atoms with Gasteiger partial charge in [0, 0.05) is 13.1 Å². The molecule has 1 heterocycles. The number of likely N-dealkylation sites (tertiary alicyclic amines) is 1. The number of rotatable bonds is 2. The fraction of sp³-hybridized carbons (Fsp3) is 0.818. The van der Waals surface area contributed by atoms with Gasteiger partial charge in [0.25, 0.3) is 0 Å². The average molecular weight is 229 g/mol. The van der Waals surface area contributed by atoms with Crippen LogP contribution in [0.3, 0.4) is 0 Å². The predicted molar refractivity (Wildman–Crippen MR) is 57.9 cm³/mol. The molecule has 0 aromatic rings. The second-order valence-corrected chi connectivity index (χ2v) is 4.22. The highest BCUT2D eigenvalue weighted by atomic mass is 16.6. The molecule has 1 saturated heterocycles. The number of methoxy groups -OCH3 is 1. The fourth-order valence-corrected chi connectivity index (χ4v) is 1.74. The molecule has 0 unspecified atom stereocenters. The number of piperidine rings is 1. The molecule has 5 nitrogen and oxygen atoms in total. The molecule has 5 heteroatoms. The molecule has 0 saturated carbocycles. The van der Waals surface area contributed by atoms with E-state index >= 15 is 0 Å². The van der Waals surface area contributed by atoms with Gasteiger partial charge in [0.2, 0.25) is 0 Å². The molecule has 1 aliphatic rings. The molecule has 0 aromatic heterocycles. The summed E-state index contributed by atoms with van der Waals surface area (Å²) in [6.07, 6.45) is 0.906. The Balaban J connectivity index is 2.37. The van der Waals surface area contributed by atoms with Gasteiger partial charge in [0.15, 0.2) is 0 Å². The number of hydrogen-bond donors (Lipinski definition) is 0. The molecular formula is C11H19NO4. The third kappa shape index (κ3) is 3.40. The van der Waals surface area contributed by atoms with Gasteiger partial charge in [0.05, 0.1) is 19.1 Å². The van der Waals surface area contributed by atoms with E-state index in [0.29, 0.717) is 25.9 Å². The topological polar surface area (TPSA) is 55.8 Å². The number of amides is 1. The highest BCUT2D eigenvalue weighted by Gasteiger charge is 2.28. The van der Waals surface area contributed by atoms with Crippen molar-refractivity contribution >= 4 is 12.1 Å². The molecule has 0 spiro atoms. The highest BCUT2D eigenvalue weighted by Crippen LogP contribution is 2.19. The highest BCUT2D eigenvalue weighted by molar-refractivity contribution is 5.73. The van der Waals surface area contributed by atoms with Gasteiger partial charge >= 0.3 is 12.1 Å². The standard InChI is InChI=1S/C11H19NO4/c1-8(2)16-11(14)12-6-4-9(5-7-12)10(13)15-3/h8-9H,4-7H2,1-3H3. The number of esters is 1. The SMILES string of the molecule is COC(=O)C1CCN(C(=O)OC(C)C)CC1. The normalized spacial score (nSPS) is 17.4. The van der Waals surface area contributed by atoms with Crippen molar-refractivity contribution in [1.82, 2.24) is 4.90 Å². The van der Waals surface area contributed by atoms with Crippen LogP contribution in [0.25, 0.3) is 0 Å². The fourth-order valence-electron chi connectivity index (χ4n) is 1.74. The van der Waals surface area contributed by atoms with Gasteiger partial charge in [-0.1, -0.05) is 0 Å². The Bertz CT molecular complexity index is 257. The van der Waals surface area contributed by atoms with E-state index in [4.69, 9.17) is 4.74 Å². The first kappa shape index (κ1) is 12.8. The molecule has 1 amide bonds. The molecule has 0 bridgehead atoms. The lowest BCUT2D eigenvalue weighted by Crippen LogP contribution is -2.41. The van der Waals surface area contributed by atoms with Crippen LogP contribution in [0.2, 0.25) is 0 Å². The molecule has 0 radical (unpaired) electrons. The van der Waals surface area contributed by atoms with E-state index in [2.05, 4.69) is 4.74 Å². The zero-order valence-electron chi connectivity index (χ0n) is 10.1. The van der Waals surface area contributed by atoms with E-state index in [9.17, 15) is 9.59 Å². The molecule has 16 heavy (non-hydrogen) atoms. The van der Waals surface area contributed by atoms with Crippen molar-refractivity contribution in [2.45, 2.75) is 32.8 Å². The first-order valence-corrected chi connectivity index (χ1v) is 5.58. The molecule has 1 aliphatic heterocycles. The predicted octanol–water partition coefficient (Wildman–Crippen LogP) is 1.42. The Morgan fingerprint density at radius 2 is 1.81 bits per heavy atom. The van der Waals surface area contributed by atoms with Crippen molar-refractivity contribution in [2.75, 3.05) is 20.2 Å². The zero-order valence-corrected chi connectivity index (χ0v) is 10.1. The monoisotopic (exact) mass is 229 g/mol. The van der Waals surface area contributed by atoms with Crippen molar-refractivity contribution < 1.29 is 19.1 Å². The number of carbonyl (C=O) groups excluding carboxylic acids is 2. The Morgan fingerprint density at radius 3 is 2.25 bits per heavy atom. The molecule has 1 rings (SSSR count). The smallest absolute Gasteiger partial charge is 0.410 e. The third-order valence-corrected chi connectivity index (χ3v) is 2.62. The summed E-state index contributed by atoms with van der Waals surface area (Å²) in [5, 5.41) is 0. The van der Waals surface area contributed by atoms with Crippen molar-refractivity contribution in [1.29, 1.82) is 0 Å². The first-order chi connectivity index (χ1) is 7.54. The van der Waals surface area contributed by atoms with E-state index in [1.807, 2.05) is 13.8 Å². The minimum absolute atomic E-state index is 0.0758. The van der Waals surface area contributed by atoms with Gasteiger partial charge in [-0.25, -0.2) is 4.79 Å². The summed E-state index contributed by atoms with van der Waals surface area (Å²) in [7, 11) is 1.39. The van der Waals surface area contributed by atoms with Gasteiger partial charge in [-0.2, -0.15) is 0 Å². The summed E-state index contributed by atoms with van der Waals surface area (Å²) in [6.45, 7) is 4.76. The molecule has 1 fully saturated rings. The average Bonchev–Trinajstić information content (AvgIpc) is 2.27. The molecule has 0 aliphatic carbocycles. The van der Waals surface area contributed by atoms with Gasteiger partial charge in [0.1, 0.15) is 0 Å². The molecule has 92 valence electrons. The summed E-state index contributed by atoms with van der Waals surface area (Å²) < 4.78 is 9.76. The van der Waals surface area contributed by atoms with Crippen molar-refractivity contribution in [3.8, 4) is 0 Å². The van der Waals surface area contributed by atoms with E-state index in [0.717, 1.165) is 0 Å². The van der Waals surface area contributed by atoms with Crippen LogP contribution >= 0.6 is 0 Å². The van der Waals surface area contributed by atoms with Crippen molar-refractivity contribution in [3.05, 3.63) is 0 Å². The Hall–Kier alpha value is -1.26. The number of hydrogen-bond acceptors (Lipinski definition) is 4. The largest absolute Gasteiger partial charge is 0.469 e. The summed E-state index contributed by atoms with van der Waals surface area (Å²) in [5.74, 6) is -0.259. The second-order valence-electron chi connectivity index (χ2n) is 4.22. The van der Waals surface area contributed by atoms with Crippen molar-refractivity contribution in [3.63, 3.8) is 0 Å². The van der Waals surface area contributed by atoms with Crippen LogP contribution in [-0.4, -0.2) is 43.3 Å². The van der Waals surface area contributed by atoms with Crippen LogP contribution in [0.15, 0.2) is 0 Å². The first-order valence-electron chi connectivity index (χ1n) is 5.58. The quantitative estimate of drug-likeness (QED) is 0.672. The second kappa shape index (κ2) is 5.72. The van der Waals surface area contributed by atoms with Crippen LogP contribution in [-0.2, 0) is 14.3 Å². The van der Waals surface area contributed by atoms with Crippen molar-refractivity contribution in [2.24, 2.45) is 5.92 Å². The number of carbonyl (C=O) groups is 2. The maximum atomic E-state index is 11.5. The maximum Gasteiger partial charge on any atom is 0.410 e. The lowest BCUT2D eigenvalue weighted by Gasteiger charge is -2.30. The van der Waals surface area contributed by atoms with E-state index in [1.54, 1.807) is 4.90 Å². The summed E-state index contributed by atoms with van der Waals surface area (Å²) >= 11 is 0. The van der Waals surface area contributed by atoms with Gasteiger partial charge in [-0.15, -0.1) is 0 Å². The third-order valence-electron chi connectivity index (χ3n) is 2.62. The molecule has 0 atom stereocenters. The maximum absolute atomic E-state index is 11.5. The van der Waals surface area contributed by atoms with Crippen LogP contribution in [0.1, 0.15) is 26.7 Å². The minimum Gasteiger partial charge on any atom is -0.469 e. The number of ether oxygens (including phenoxy) is 2. The summed E-state index contributed by atoms with van der Waals surface area (Å²) in [5.41, 5.74) is 0. The van der Waals surface area contributed by atoms with Crippen LogP contribution in [0.5, 0.6) is 0 Å². The Kier molecular flexibility index (Phi) is 4.58. The van der Waals surface area contributed by atoms with E-state index in [-0.39, 0.29) is 24.1 Å². The minimum atomic E-state index is -0.293. The van der Waals surface area contributed by atoms with Crippen LogP contribution in [0.4, 0.5) is 4.79 Å². The summed E-state index contributed by atoms with van der Waals surface area (Å²) in [6, 6.07) is 0. The lowest BCUT2D eigenvalue weighted by atomic mass is 9.97. The van der Waals surface area contributed by atoms with Crippen LogP contribution in [0, 0.1) is 5.92 Å². The number of nitrogens with zero attached hydrogens (tertiary/aromatic N) is 1. The Morgan fingerprint density at radius 1 is 1.25 bits per heavy atom. The molecule has 0 N–H and O–H groups in total. The van der Waals surface area contributed by atoms with Gasteiger partial charge < -0.3 is 14.4 Å².